The van der Waals surface area contributed by atoms with E-state index in [9.17, 15) is 4.79 Å². The molecular weight excluding hydrogens is 500 g/mol. The van der Waals surface area contributed by atoms with Crippen LogP contribution in [-0.4, -0.2) is 25.8 Å². The molecule has 5 heteroatoms. The minimum absolute atomic E-state index is 0.144. The van der Waals surface area contributed by atoms with Crippen molar-refractivity contribution in [3.63, 3.8) is 0 Å². The lowest BCUT2D eigenvalue weighted by atomic mass is 9.98. The monoisotopic (exact) mass is 546 g/mol. The Morgan fingerprint density at radius 3 is 2.02 bits per heavy atom. The Hall–Kier alpha value is -3.15. The van der Waals surface area contributed by atoms with Crippen LogP contribution in [0.5, 0.6) is 11.5 Å². The van der Waals surface area contributed by atoms with Gasteiger partial charge in [0.25, 0.3) is 0 Å². The number of carbonyl (C=O) groups excluding carboxylic acids is 1. The molecule has 216 valence electrons. The topological polar surface area (TPSA) is 54.0 Å². The van der Waals surface area contributed by atoms with Gasteiger partial charge < -0.3 is 9.47 Å². The Morgan fingerprint density at radius 1 is 0.675 bits per heavy atom. The van der Waals surface area contributed by atoms with Crippen LogP contribution < -0.4 is 9.47 Å². The smallest absolute Gasteiger partial charge is 0.311 e. The first-order valence-corrected chi connectivity index (χ1v) is 15.0. The summed E-state index contributed by atoms with van der Waals surface area (Å²) < 4.78 is 11.4. The Labute approximate surface area is 240 Å². The summed E-state index contributed by atoms with van der Waals surface area (Å²) in [4.78, 5) is 21.9. The van der Waals surface area contributed by atoms with Crippen LogP contribution >= 0.6 is 0 Å². The predicted molar refractivity (Wildman–Crippen MR) is 162 cm³/mol. The molecule has 0 bridgehead atoms. The van der Waals surface area contributed by atoms with Gasteiger partial charge >= 0.3 is 5.97 Å². The van der Waals surface area contributed by atoms with Crippen LogP contribution in [-0.2, 0) is 27.4 Å². The van der Waals surface area contributed by atoms with Crippen LogP contribution in [0.1, 0.15) is 81.9 Å². The normalized spacial score (nSPS) is 11.0. The Bertz CT molecular complexity index is 1120. The average Bonchev–Trinajstić information content (AvgIpc) is 2.97. The Morgan fingerprint density at radius 2 is 1.35 bits per heavy atom. The van der Waals surface area contributed by atoms with E-state index in [-0.39, 0.29) is 5.97 Å². The standard InChI is InChI=1S/C35H46O5/c1-4-6-9-12-35(36)40-34-24-19-30(28(3)27-34)16-13-29-14-17-31(18-15-29)32-20-22-33(23-21-32)37-25-10-7-8-11-26-39-38-5-2/h14-15,17-24,27H,4-13,16,25-26H2,1-3H3. The second-order valence-corrected chi connectivity index (χ2v) is 10.2. The fourth-order valence-corrected chi connectivity index (χ4v) is 4.55. The van der Waals surface area contributed by atoms with E-state index in [1.54, 1.807) is 0 Å². The quantitative estimate of drug-likeness (QED) is 0.0494. The molecule has 0 N–H and O–H groups in total. The molecule has 0 amide bonds. The molecular formula is C35H46O5. The maximum atomic E-state index is 12.0. The number of hydrogen-bond acceptors (Lipinski definition) is 5. The molecule has 0 aromatic heterocycles. The van der Waals surface area contributed by atoms with Crippen LogP contribution in [0.4, 0.5) is 0 Å². The van der Waals surface area contributed by atoms with Crippen molar-refractivity contribution in [2.24, 2.45) is 0 Å². The van der Waals surface area contributed by atoms with E-state index in [1.807, 2.05) is 31.2 Å². The van der Waals surface area contributed by atoms with Crippen LogP contribution in [0.25, 0.3) is 11.1 Å². The van der Waals surface area contributed by atoms with Crippen molar-refractivity contribution in [2.75, 3.05) is 19.8 Å². The summed E-state index contributed by atoms with van der Waals surface area (Å²) >= 11 is 0. The summed E-state index contributed by atoms with van der Waals surface area (Å²) in [6, 6.07) is 23.1. The number of unbranched alkanes of at least 4 members (excludes halogenated alkanes) is 5. The van der Waals surface area contributed by atoms with Gasteiger partial charge in [0.1, 0.15) is 11.5 Å². The zero-order chi connectivity index (χ0) is 28.4. The van der Waals surface area contributed by atoms with Gasteiger partial charge in [-0.05, 0) is 104 Å². The van der Waals surface area contributed by atoms with Gasteiger partial charge in [-0.1, -0.05) is 68.7 Å². The van der Waals surface area contributed by atoms with Crippen molar-refractivity contribution in [2.45, 2.75) is 85.0 Å². The van der Waals surface area contributed by atoms with Crippen molar-refractivity contribution in [3.05, 3.63) is 83.4 Å². The third kappa shape index (κ3) is 11.5. The Kier molecular flexibility index (Phi) is 14.3. The number of hydrogen-bond donors (Lipinski definition) is 0. The number of ether oxygens (including phenoxy) is 2. The second kappa shape index (κ2) is 18.2. The summed E-state index contributed by atoms with van der Waals surface area (Å²) in [5, 5.41) is 0. The number of benzene rings is 3. The zero-order valence-electron chi connectivity index (χ0n) is 24.6. The van der Waals surface area contributed by atoms with Crippen molar-refractivity contribution in [3.8, 4) is 22.6 Å². The minimum Gasteiger partial charge on any atom is -0.494 e. The van der Waals surface area contributed by atoms with E-state index in [1.165, 1.54) is 22.3 Å². The molecule has 3 aromatic carbocycles. The molecule has 0 fully saturated rings. The van der Waals surface area contributed by atoms with Crippen LogP contribution in [0.15, 0.2) is 66.7 Å². The number of rotatable bonds is 19. The third-order valence-corrected chi connectivity index (χ3v) is 6.95. The summed E-state index contributed by atoms with van der Waals surface area (Å²) in [7, 11) is 0. The Balaban J connectivity index is 1.39. The molecule has 0 aliphatic heterocycles. The molecule has 5 nitrogen and oxygen atoms in total. The highest BCUT2D eigenvalue weighted by molar-refractivity contribution is 5.72. The molecule has 0 heterocycles. The van der Waals surface area contributed by atoms with Crippen LogP contribution in [0.3, 0.4) is 0 Å². The van der Waals surface area contributed by atoms with Gasteiger partial charge in [-0.25, -0.2) is 9.78 Å². The first-order chi connectivity index (χ1) is 19.6. The molecule has 3 aromatic rings. The van der Waals surface area contributed by atoms with Crippen molar-refractivity contribution in [1.82, 2.24) is 0 Å². The zero-order valence-corrected chi connectivity index (χ0v) is 24.6. The maximum Gasteiger partial charge on any atom is 0.311 e. The molecule has 0 unspecified atom stereocenters. The van der Waals surface area contributed by atoms with Crippen LogP contribution in [0, 0.1) is 6.92 Å². The molecule has 0 saturated heterocycles. The van der Waals surface area contributed by atoms with Gasteiger partial charge in [-0.2, -0.15) is 0 Å². The molecule has 0 aliphatic rings. The molecule has 0 radical (unpaired) electrons. The van der Waals surface area contributed by atoms with Crippen molar-refractivity contribution >= 4 is 5.97 Å². The summed E-state index contributed by atoms with van der Waals surface area (Å²) in [5.74, 6) is 1.41. The van der Waals surface area contributed by atoms with E-state index in [2.05, 4.69) is 56.3 Å². The lowest BCUT2D eigenvalue weighted by molar-refractivity contribution is -0.291. The lowest BCUT2D eigenvalue weighted by Gasteiger charge is -2.10. The summed E-state index contributed by atoms with van der Waals surface area (Å²) in [5.41, 5.74) is 6.12. The minimum atomic E-state index is -0.144. The molecule has 3 rings (SSSR count). The highest BCUT2D eigenvalue weighted by atomic mass is 17.2. The van der Waals surface area contributed by atoms with Gasteiger partial charge in [0.05, 0.1) is 19.8 Å². The van der Waals surface area contributed by atoms with Crippen molar-refractivity contribution < 1.29 is 24.0 Å². The fraction of sp³-hybridized carbons (Fsp3) is 0.457. The number of carbonyl (C=O) groups is 1. The highest BCUT2D eigenvalue weighted by Gasteiger charge is 2.08. The van der Waals surface area contributed by atoms with E-state index in [0.29, 0.717) is 25.4 Å². The molecule has 40 heavy (non-hydrogen) atoms. The van der Waals surface area contributed by atoms with E-state index < -0.39 is 0 Å². The summed E-state index contributed by atoms with van der Waals surface area (Å²) in [6.07, 6.45) is 9.73. The maximum absolute atomic E-state index is 12.0. The van der Waals surface area contributed by atoms with Gasteiger partial charge in [-0.15, -0.1) is 0 Å². The van der Waals surface area contributed by atoms with Gasteiger partial charge in [0, 0.05) is 6.42 Å². The first-order valence-electron chi connectivity index (χ1n) is 15.0. The van der Waals surface area contributed by atoms with Crippen molar-refractivity contribution in [1.29, 1.82) is 0 Å². The molecule has 0 atom stereocenters. The second-order valence-electron chi connectivity index (χ2n) is 10.2. The SMILES string of the molecule is CCCCCC(=O)Oc1ccc(CCc2ccc(-c3ccc(OCCCCCCOOCC)cc3)cc2)c(C)c1. The molecule has 0 spiro atoms. The largest absolute Gasteiger partial charge is 0.494 e. The number of esters is 1. The highest BCUT2D eigenvalue weighted by Crippen LogP contribution is 2.24. The van der Waals surface area contributed by atoms with E-state index in [0.717, 1.165) is 75.7 Å². The lowest BCUT2D eigenvalue weighted by Crippen LogP contribution is -2.08. The van der Waals surface area contributed by atoms with Crippen LogP contribution in [0.2, 0.25) is 0 Å². The molecule has 0 aliphatic carbocycles. The first kappa shape index (κ1) is 31.4. The third-order valence-electron chi connectivity index (χ3n) is 6.95. The molecule has 0 saturated carbocycles. The fourth-order valence-electron chi connectivity index (χ4n) is 4.55. The summed E-state index contributed by atoms with van der Waals surface area (Å²) in [6.45, 7) is 8.11. The average molecular weight is 547 g/mol. The van der Waals surface area contributed by atoms with Gasteiger partial charge in [0.2, 0.25) is 0 Å². The predicted octanol–water partition coefficient (Wildman–Crippen LogP) is 8.84. The van der Waals surface area contributed by atoms with E-state index in [4.69, 9.17) is 19.2 Å². The van der Waals surface area contributed by atoms with Gasteiger partial charge in [-0.3, -0.25) is 4.79 Å². The van der Waals surface area contributed by atoms with Gasteiger partial charge in [0.15, 0.2) is 0 Å². The number of aryl methyl sites for hydroxylation is 3. The van der Waals surface area contributed by atoms with E-state index >= 15 is 0 Å².